The van der Waals surface area contributed by atoms with Crippen LogP contribution in [0.5, 0.6) is 0 Å². The number of terminal acetylenes is 1. The molecule has 1 aromatic rings. The van der Waals surface area contributed by atoms with Crippen molar-refractivity contribution in [2.75, 3.05) is 5.32 Å². The second kappa shape index (κ2) is 7.29. The lowest BCUT2D eigenvalue weighted by molar-refractivity contribution is 0.707. The minimum Gasteiger partial charge on any atom is -0.366 e. The molecule has 0 fully saturated rings. The van der Waals surface area contributed by atoms with Gasteiger partial charge in [-0.3, -0.25) is 0 Å². The molecule has 1 atom stereocenters. The molecule has 3 nitrogen and oxygen atoms in total. The quantitative estimate of drug-likeness (QED) is 0.646. The molecular weight excluding hydrogens is 278 g/mol. The minimum absolute atomic E-state index is 0.274. The Hall–Kier alpha value is -1.08. The third-order valence-electron chi connectivity index (χ3n) is 2.42. The molecule has 0 saturated carbocycles. The highest BCUT2D eigenvalue weighted by Gasteiger charge is 2.07. The lowest BCUT2D eigenvalue weighted by Crippen LogP contribution is -2.19. The molecule has 1 unspecified atom stereocenters. The van der Waals surface area contributed by atoms with Crippen LogP contribution < -0.4 is 5.32 Å². The molecule has 0 aliphatic carbocycles. The van der Waals surface area contributed by atoms with Gasteiger partial charge in [0, 0.05) is 24.9 Å². The van der Waals surface area contributed by atoms with Crippen molar-refractivity contribution < 1.29 is 0 Å². The van der Waals surface area contributed by atoms with Gasteiger partial charge < -0.3 is 5.32 Å². The predicted molar refractivity (Wildman–Crippen MR) is 74.9 cm³/mol. The highest BCUT2D eigenvalue weighted by atomic mass is 79.9. The van der Waals surface area contributed by atoms with Gasteiger partial charge >= 0.3 is 0 Å². The third kappa shape index (κ3) is 4.74. The maximum absolute atomic E-state index is 5.33. The fraction of sp³-hybridized carbons (Fsp3) is 0.538. The highest BCUT2D eigenvalue weighted by Crippen LogP contribution is 2.15. The molecule has 4 heteroatoms. The largest absolute Gasteiger partial charge is 0.366 e. The monoisotopic (exact) mass is 295 g/mol. The topological polar surface area (TPSA) is 37.8 Å². The summed E-state index contributed by atoms with van der Waals surface area (Å²) in [5, 5.41) is 3.35. The van der Waals surface area contributed by atoms with E-state index < -0.39 is 0 Å². The number of halogens is 1. The molecule has 1 rings (SSSR count). The van der Waals surface area contributed by atoms with Crippen molar-refractivity contribution in [1.29, 1.82) is 0 Å². The van der Waals surface area contributed by atoms with Crippen molar-refractivity contribution in [2.45, 2.75) is 45.6 Å². The Labute approximate surface area is 112 Å². The number of anilines is 1. The zero-order valence-electron chi connectivity index (χ0n) is 10.3. The summed E-state index contributed by atoms with van der Waals surface area (Å²) in [4.78, 5) is 8.80. The van der Waals surface area contributed by atoms with Crippen molar-refractivity contribution in [3.63, 3.8) is 0 Å². The molecule has 0 radical (unpaired) electrons. The van der Waals surface area contributed by atoms with Crippen molar-refractivity contribution in [1.82, 2.24) is 9.97 Å². The summed E-state index contributed by atoms with van der Waals surface area (Å²) >= 11 is 3.40. The number of nitrogens with zero attached hydrogens (tertiary/aromatic N) is 2. The van der Waals surface area contributed by atoms with Gasteiger partial charge in [-0.25, -0.2) is 9.97 Å². The SMILES string of the molecule is C#CCC(CC)Nc1cc(Br)nc(CCC)n1. The molecule has 0 aromatic carbocycles. The molecule has 0 aliphatic rings. The third-order valence-corrected chi connectivity index (χ3v) is 2.83. The molecule has 0 bridgehead atoms. The number of aryl methyl sites for hydroxylation is 1. The van der Waals surface area contributed by atoms with E-state index in [2.05, 4.69) is 51.0 Å². The Morgan fingerprint density at radius 1 is 1.47 bits per heavy atom. The lowest BCUT2D eigenvalue weighted by Gasteiger charge is -2.15. The van der Waals surface area contributed by atoms with Crippen LogP contribution in [0.2, 0.25) is 0 Å². The number of hydrogen-bond donors (Lipinski definition) is 1. The number of nitrogens with one attached hydrogen (secondary N) is 1. The molecule has 0 spiro atoms. The normalized spacial score (nSPS) is 11.9. The van der Waals surface area contributed by atoms with Gasteiger partial charge in [-0.2, -0.15) is 0 Å². The standard InChI is InChI=1S/C13H18BrN3/c1-4-7-10(6-3)15-13-9-11(14)16-12(17-13)8-5-2/h1,9-10H,5-8H2,2-3H3,(H,15,16,17). The number of hydrogen-bond acceptors (Lipinski definition) is 3. The molecule has 0 aliphatic heterocycles. The molecule has 1 heterocycles. The van der Waals surface area contributed by atoms with Crippen molar-refractivity contribution in [3.8, 4) is 12.3 Å². The van der Waals surface area contributed by atoms with Crippen LogP contribution >= 0.6 is 15.9 Å². The first-order valence-electron chi connectivity index (χ1n) is 5.93. The van der Waals surface area contributed by atoms with Gasteiger partial charge in [0.25, 0.3) is 0 Å². The van der Waals surface area contributed by atoms with E-state index in [1.165, 1.54) is 0 Å². The Kier molecular flexibility index (Phi) is 5.99. The van der Waals surface area contributed by atoms with Gasteiger partial charge in [0.1, 0.15) is 16.2 Å². The van der Waals surface area contributed by atoms with Crippen molar-refractivity contribution in [3.05, 3.63) is 16.5 Å². The van der Waals surface area contributed by atoms with E-state index in [1.54, 1.807) is 0 Å². The maximum atomic E-state index is 5.33. The summed E-state index contributed by atoms with van der Waals surface area (Å²) in [5.74, 6) is 4.38. The average molecular weight is 296 g/mol. The molecule has 92 valence electrons. The van der Waals surface area contributed by atoms with Crippen LogP contribution in [0.15, 0.2) is 10.7 Å². The smallest absolute Gasteiger partial charge is 0.132 e. The maximum Gasteiger partial charge on any atom is 0.132 e. The molecule has 1 N–H and O–H groups in total. The molecule has 0 amide bonds. The van der Waals surface area contributed by atoms with E-state index in [0.717, 1.165) is 35.5 Å². The van der Waals surface area contributed by atoms with Gasteiger partial charge in [-0.15, -0.1) is 12.3 Å². The van der Waals surface area contributed by atoms with Crippen LogP contribution in [0.3, 0.4) is 0 Å². The molecule has 17 heavy (non-hydrogen) atoms. The van der Waals surface area contributed by atoms with Gasteiger partial charge in [-0.1, -0.05) is 13.8 Å². The Balaban J connectivity index is 2.79. The number of rotatable bonds is 6. The summed E-state index contributed by atoms with van der Waals surface area (Å²) in [7, 11) is 0. The van der Waals surface area contributed by atoms with Crippen molar-refractivity contribution in [2.24, 2.45) is 0 Å². The van der Waals surface area contributed by atoms with Gasteiger partial charge in [0.15, 0.2) is 0 Å². The zero-order valence-corrected chi connectivity index (χ0v) is 11.9. The van der Waals surface area contributed by atoms with Crippen LogP contribution in [0.25, 0.3) is 0 Å². The number of aromatic nitrogens is 2. The van der Waals surface area contributed by atoms with Crippen LogP contribution in [0.4, 0.5) is 5.82 Å². The van der Waals surface area contributed by atoms with E-state index in [-0.39, 0.29) is 6.04 Å². The Morgan fingerprint density at radius 2 is 2.24 bits per heavy atom. The van der Waals surface area contributed by atoms with Gasteiger partial charge in [0.05, 0.1) is 0 Å². The van der Waals surface area contributed by atoms with E-state index >= 15 is 0 Å². The summed E-state index contributed by atoms with van der Waals surface area (Å²) in [6, 6.07) is 2.16. The summed E-state index contributed by atoms with van der Waals surface area (Å²) < 4.78 is 0.814. The molecule has 1 aromatic heterocycles. The first-order valence-corrected chi connectivity index (χ1v) is 6.72. The van der Waals surface area contributed by atoms with E-state index in [4.69, 9.17) is 6.42 Å². The average Bonchev–Trinajstić information content (AvgIpc) is 2.28. The second-order valence-electron chi connectivity index (χ2n) is 3.90. The predicted octanol–water partition coefficient (Wildman–Crippen LogP) is 3.41. The lowest BCUT2D eigenvalue weighted by atomic mass is 10.1. The van der Waals surface area contributed by atoms with Gasteiger partial charge in [-0.05, 0) is 28.8 Å². The van der Waals surface area contributed by atoms with Crippen LogP contribution in [-0.4, -0.2) is 16.0 Å². The minimum atomic E-state index is 0.274. The molecule has 0 saturated heterocycles. The van der Waals surface area contributed by atoms with E-state index in [9.17, 15) is 0 Å². The fourth-order valence-corrected chi connectivity index (χ4v) is 1.94. The Bertz CT molecular complexity index is 398. The van der Waals surface area contributed by atoms with Crippen LogP contribution in [0, 0.1) is 12.3 Å². The van der Waals surface area contributed by atoms with E-state index in [0.29, 0.717) is 6.42 Å². The summed E-state index contributed by atoms with van der Waals surface area (Å²) in [6.07, 6.45) is 8.95. The van der Waals surface area contributed by atoms with Crippen LogP contribution in [0.1, 0.15) is 38.9 Å². The summed E-state index contributed by atoms with van der Waals surface area (Å²) in [5.41, 5.74) is 0. The second-order valence-corrected chi connectivity index (χ2v) is 4.71. The first kappa shape index (κ1) is 14.0. The first-order chi connectivity index (χ1) is 8.19. The fourth-order valence-electron chi connectivity index (χ4n) is 1.52. The van der Waals surface area contributed by atoms with Gasteiger partial charge in [0.2, 0.25) is 0 Å². The van der Waals surface area contributed by atoms with Crippen molar-refractivity contribution >= 4 is 21.7 Å². The van der Waals surface area contributed by atoms with E-state index in [1.807, 2.05) is 6.07 Å². The summed E-state index contributed by atoms with van der Waals surface area (Å²) in [6.45, 7) is 4.22. The zero-order chi connectivity index (χ0) is 12.7. The molecular formula is C13H18BrN3. The van der Waals surface area contributed by atoms with Crippen LogP contribution in [-0.2, 0) is 6.42 Å². The Morgan fingerprint density at radius 3 is 2.82 bits per heavy atom. The highest BCUT2D eigenvalue weighted by molar-refractivity contribution is 9.10.